The zero-order valence-corrected chi connectivity index (χ0v) is 27.1. The molecule has 6 atom stereocenters. The summed E-state index contributed by atoms with van der Waals surface area (Å²) >= 11 is 0. The van der Waals surface area contributed by atoms with Gasteiger partial charge in [0, 0.05) is 29.5 Å². The zero-order chi connectivity index (χ0) is 34.9. The first-order chi connectivity index (χ1) is 24.1. The van der Waals surface area contributed by atoms with Gasteiger partial charge in [0.05, 0.1) is 27.9 Å². The SMILES string of the molecule is Cc1cc(C2C3=CCC4C(=O)N(c5cccc([N+](=O)[O-])c5)C(=O)C4C3CC3C(=O)C(c4ccccc4)=CC(=O)C32c2ccccc2)ccc1O. The Morgan fingerprint density at radius 1 is 0.840 bits per heavy atom. The van der Waals surface area contributed by atoms with Crippen LogP contribution in [0.15, 0.2) is 121 Å². The standard InChI is InChI=1S/C41H32N2O7/c1-23-19-25(15-18-34(23)44)37-29-16-17-30-36(40(48)42(39(30)47)27-13-8-14-28(20-27)43(49)50)32(29)21-33-38(46)31(24-9-4-2-5-10-24)22-35(45)41(33,37)26-11-6-3-7-12-26/h2-16,18-20,22,30,32-33,36-37,44H,17,21H2,1H3. The lowest BCUT2D eigenvalue weighted by atomic mass is 9.44. The summed E-state index contributed by atoms with van der Waals surface area (Å²) in [7, 11) is 0. The van der Waals surface area contributed by atoms with Crippen LogP contribution in [-0.2, 0) is 24.6 Å². The van der Waals surface area contributed by atoms with Gasteiger partial charge in [0.2, 0.25) is 11.8 Å². The second kappa shape index (κ2) is 11.6. The van der Waals surface area contributed by atoms with E-state index in [-0.39, 0.29) is 41.5 Å². The first-order valence-electron chi connectivity index (χ1n) is 16.7. The van der Waals surface area contributed by atoms with Gasteiger partial charge in [0.15, 0.2) is 11.6 Å². The van der Waals surface area contributed by atoms with Crippen molar-refractivity contribution in [1.82, 2.24) is 0 Å². The van der Waals surface area contributed by atoms with Gasteiger partial charge in [-0.2, -0.15) is 0 Å². The van der Waals surface area contributed by atoms with E-state index in [0.29, 0.717) is 27.8 Å². The summed E-state index contributed by atoms with van der Waals surface area (Å²) in [6.07, 6.45) is 3.81. The van der Waals surface area contributed by atoms with Crippen LogP contribution < -0.4 is 4.90 Å². The minimum absolute atomic E-state index is 0.0885. The van der Waals surface area contributed by atoms with Crippen LogP contribution in [0.1, 0.15) is 41.0 Å². The van der Waals surface area contributed by atoms with E-state index in [4.69, 9.17) is 0 Å². The molecule has 1 saturated carbocycles. The molecule has 0 spiro atoms. The predicted molar refractivity (Wildman–Crippen MR) is 185 cm³/mol. The third kappa shape index (κ3) is 4.46. The molecule has 4 aromatic carbocycles. The van der Waals surface area contributed by atoms with Crippen molar-refractivity contribution < 1.29 is 29.2 Å². The third-order valence-corrected chi connectivity index (χ3v) is 11.2. The number of phenols is 1. The molecule has 248 valence electrons. The Kier molecular flexibility index (Phi) is 7.25. The van der Waals surface area contributed by atoms with Gasteiger partial charge in [-0.05, 0) is 66.1 Å². The summed E-state index contributed by atoms with van der Waals surface area (Å²) < 4.78 is 0. The smallest absolute Gasteiger partial charge is 0.271 e. The molecule has 6 unspecified atom stereocenters. The van der Waals surface area contributed by atoms with Crippen LogP contribution >= 0.6 is 0 Å². The fourth-order valence-corrected chi connectivity index (χ4v) is 9.11. The highest BCUT2D eigenvalue weighted by Crippen LogP contribution is 2.64. The number of nitro groups is 1. The highest BCUT2D eigenvalue weighted by molar-refractivity contribution is 6.32. The maximum Gasteiger partial charge on any atom is 0.271 e. The molecule has 1 heterocycles. The summed E-state index contributed by atoms with van der Waals surface area (Å²) in [4.78, 5) is 70.6. The first kappa shape index (κ1) is 31.3. The number of carbonyl (C=O) groups excluding carboxylic acids is 4. The van der Waals surface area contributed by atoms with Crippen molar-refractivity contribution >= 4 is 40.3 Å². The molecule has 4 aliphatic rings. The number of Topliss-reactive ketones (excluding diaryl/α,β-unsaturated/α-hetero) is 1. The fraction of sp³-hybridized carbons (Fsp3) is 0.220. The van der Waals surface area contributed by atoms with Crippen LogP contribution in [0.2, 0.25) is 0 Å². The number of benzene rings is 4. The van der Waals surface area contributed by atoms with E-state index < -0.39 is 51.7 Å². The quantitative estimate of drug-likeness (QED) is 0.109. The van der Waals surface area contributed by atoms with Crippen molar-refractivity contribution in [2.45, 2.75) is 31.1 Å². The third-order valence-electron chi connectivity index (χ3n) is 11.2. The van der Waals surface area contributed by atoms with Crippen molar-refractivity contribution in [3.8, 4) is 5.75 Å². The molecule has 4 aromatic rings. The van der Waals surface area contributed by atoms with Crippen molar-refractivity contribution in [2.24, 2.45) is 23.7 Å². The minimum Gasteiger partial charge on any atom is -0.508 e. The molecule has 50 heavy (non-hydrogen) atoms. The van der Waals surface area contributed by atoms with Gasteiger partial charge in [-0.3, -0.25) is 29.3 Å². The topological polar surface area (TPSA) is 135 Å². The normalized spacial score (nSPS) is 27.2. The largest absolute Gasteiger partial charge is 0.508 e. The predicted octanol–water partition coefficient (Wildman–Crippen LogP) is 6.64. The van der Waals surface area contributed by atoms with Crippen LogP contribution in [0.3, 0.4) is 0 Å². The van der Waals surface area contributed by atoms with Crippen molar-refractivity contribution in [1.29, 1.82) is 0 Å². The van der Waals surface area contributed by atoms with E-state index in [1.807, 2.05) is 60.7 Å². The van der Waals surface area contributed by atoms with E-state index in [9.17, 15) is 29.6 Å². The summed E-state index contributed by atoms with van der Waals surface area (Å²) in [5, 5.41) is 22.1. The number of allylic oxidation sites excluding steroid dienone is 4. The van der Waals surface area contributed by atoms with E-state index in [2.05, 4.69) is 0 Å². The number of amides is 2. The fourth-order valence-electron chi connectivity index (χ4n) is 9.11. The molecule has 0 radical (unpaired) electrons. The molecule has 8 rings (SSSR count). The van der Waals surface area contributed by atoms with Gasteiger partial charge in [0.1, 0.15) is 5.75 Å². The van der Waals surface area contributed by atoms with E-state index >= 15 is 4.79 Å². The Labute approximate surface area is 287 Å². The second-order valence-corrected chi connectivity index (χ2v) is 13.6. The molecule has 1 N–H and O–H groups in total. The Hall–Kier alpha value is -5.96. The van der Waals surface area contributed by atoms with Crippen molar-refractivity contribution in [3.05, 3.63) is 153 Å². The van der Waals surface area contributed by atoms with Crippen molar-refractivity contribution in [2.75, 3.05) is 4.90 Å². The number of anilines is 1. The number of phenolic OH excluding ortho intramolecular Hbond substituents is 1. The maximum absolute atomic E-state index is 15.1. The van der Waals surface area contributed by atoms with Gasteiger partial charge < -0.3 is 5.11 Å². The Morgan fingerprint density at radius 3 is 2.26 bits per heavy atom. The number of hydrogen-bond acceptors (Lipinski definition) is 7. The number of carbonyl (C=O) groups is 4. The molecule has 1 saturated heterocycles. The van der Waals surface area contributed by atoms with Gasteiger partial charge in [0.25, 0.3) is 5.69 Å². The van der Waals surface area contributed by atoms with Gasteiger partial charge >= 0.3 is 0 Å². The molecule has 2 fully saturated rings. The van der Waals surface area contributed by atoms with Gasteiger partial charge in [-0.1, -0.05) is 90.5 Å². The summed E-state index contributed by atoms with van der Waals surface area (Å²) in [6.45, 7) is 1.77. The second-order valence-electron chi connectivity index (χ2n) is 13.6. The number of nitrogens with zero attached hydrogens (tertiary/aromatic N) is 2. The molecule has 3 aliphatic carbocycles. The molecular formula is C41H32N2O7. The van der Waals surface area contributed by atoms with E-state index in [0.717, 1.165) is 10.5 Å². The number of fused-ring (bicyclic) bond motifs is 4. The number of imide groups is 1. The minimum atomic E-state index is -1.37. The highest BCUT2D eigenvalue weighted by Gasteiger charge is 2.66. The van der Waals surface area contributed by atoms with Gasteiger partial charge in [-0.25, -0.2) is 4.90 Å². The maximum atomic E-state index is 15.1. The van der Waals surface area contributed by atoms with Crippen LogP contribution in [0, 0.1) is 40.7 Å². The van der Waals surface area contributed by atoms with E-state index in [1.165, 1.54) is 30.3 Å². The Morgan fingerprint density at radius 2 is 1.56 bits per heavy atom. The molecule has 2 amide bonds. The molecular weight excluding hydrogens is 632 g/mol. The molecule has 0 aromatic heterocycles. The van der Waals surface area contributed by atoms with Gasteiger partial charge in [-0.15, -0.1) is 0 Å². The summed E-state index contributed by atoms with van der Waals surface area (Å²) in [5.74, 6) is -5.02. The van der Waals surface area contributed by atoms with Crippen LogP contribution in [-0.4, -0.2) is 33.4 Å². The summed E-state index contributed by atoms with van der Waals surface area (Å²) in [5.41, 5.74) is 2.23. The number of aryl methyl sites for hydroxylation is 1. The lowest BCUT2D eigenvalue weighted by Crippen LogP contribution is -2.58. The summed E-state index contributed by atoms with van der Waals surface area (Å²) in [6, 6.07) is 29.1. The van der Waals surface area contributed by atoms with Crippen molar-refractivity contribution in [3.63, 3.8) is 0 Å². The molecule has 0 bridgehead atoms. The Balaban J connectivity index is 1.35. The number of ketones is 2. The zero-order valence-electron chi connectivity index (χ0n) is 27.1. The van der Waals surface area contributed by atoms with Crippen LogP contribution in [0.4, 0.5) is 11.4 Å². The average Bonchev–Trinajstić information content (AvgIpc) is 3.39. The number of rotatable bonds is 5. The van der Waals surface area contributed by atoms with Crippen LogP contribution in [0.25, 0.3) is 5.57 Å². The highest BCUT2D eigenvalue weighted by atomic mass is 16.6. The number of nitro benzene ring substituents is 1. The number of aromatic hydroxyl groups is 1. The number of non-ortho nitro benzene ring substituents is 1. The molecule has 9 heteroatoms. The lowest BCUT2D eigenvalue weighted by molar-refractivity contribution is -0.384. The average molecular weight is 665 g/mol. The Bertz CT molecular complexity index is 2190. The first-order valence-corrected chi connectivity index (χ1v) is 16.7. The monoisotopic (exact) mass is 664 g/mol. The molecule has 1 aliphatic heterocycles. The molecule has 9 nitrogen and oxygen atoms in total. The van der Waals surface area contributed by atoms with E-state index in [1.54, 1.807) is 31.2 Å². The number of hydrogen-bond donors (Lipinski definition) is 1. The van der Waals surface area contributed by atoms with Crippen LogP contribution in [0.5, 0.6) is 5.75 Å². The lowest BCUT2D eigenvalue weighted by Gasteiger charge is -2.55.